The van der Waals surface area contributed by atoms with E-state index in [1.165, 1.54) is 10.5 Å². The highest BCUT2D eigenvalue weighted by Crippen LogP contribution is 2.22. The van der Waals surface area contributed by atoms with E-state index in [1.54, 1.807) is 0 Å². The highest BCUT2D eigenvalue weighted by molar-refractivity contribution is 7.99. The maximum atomic E-state index is 8.59. The number of hydrogen-bond acceptors (Lipinski definition) is 3. The van der Waals surface area contributed by atoms with E-state index >= 15 is 0 Å². The van der Waals surface area contributed by atoms with Crippen molar-refractivity contribution in [3.63, 3.8) is 0 Å². The first kappa shape index (κ1) is 11.6. The third-order valence-electron chi connectivity index (χ3n) is 1.74. The molecule has 1 rings (SSSR count). The summed E-state index contributed by atoms with van der Waals surface area (Å²) in [5.74, 6) is 0. The predicted octanol–water partition coefficient (Wildman–Crippen LogP) is 2.23. The highest BCUT2D eigenvalue weighted by Gasteiger charge is 1.98. The molecule has 78 valence electrons. The SMILES string of the molecule is CC(C)Sc1ccc(CNCO)cc1. The zero-order valence-electron chi connectivity index (χ0n) is 8.66. The van der Waals surface area contributed by atoms with Crippen molar-refractivity contribution in [2.75, 3.05) is 6.73 Å². The smallest absolute Gasteiger partial charge is 0.0934 e. The second-order valence-corrected chi connectivity index (χ2v) is 5.05. The summed E-state index contributed by atoms with van der Waals surface area (Å²) in [5.41, 5.74) is 1.20. The van der Waals surface area contributed by atoms with Crippen molar-refractivity contribution in [2.24, 2.45) is 0 Å². The van der Waals surface area contributed by atoms with E-state index in [9.17, 15) is 0 Å². The molecule has 0 fully saturated rings. The fourth-order valence-electron chi connectivity index (χ4n) is 1.16. The lowest BCUT2D eigenvalue weighted by atomic mass is 10.2. The largest absolute Gasteiger partial charge is 0.381 e. The lowest BCUT2D eigenvalue weighted by Gasteiger charge is -2.06. The summed E-state index contributed by atoms with van der Waals surface area (Å²) in [4.78, 5) is 1.30. The van der Waals surface area contributed by atoms with Gasteiger partial charge >= 0.3 is 0 Å². The van der Waals surface area contributed by atoms with E-state index in [2.05, 4.69) is 43.4 Å². The van der Waals surface area contributed by atoms with Gasteiger partial charge in [0.2, 0.25) is 0 Å². The van der Waals surface area contributed by atoms with Gasteiger partial charge in [0.1, 0.15) is 0 Å². The fraction of sp³-hybridized carbons (Fsp3) is 0.455. The van der Waals surface area contributed by atoms with Crippen LogP contribution < -0.4 is 5.32 Å². The molecular formula is C11H17NOS. The highest BCUT2D eigenvalue weighted by atomic mass is 32.2. The van der Waals surface area contributed by atoms with Gasteiger partial charge in [-0.05, 0) is 17.7 Å². The number of hydrogen-bond donors (Lipinski definition) is 2. The number of nitrogens with one attached hydrogen (secondary N) is 1. The van der Waals surface area contributed by atoms with Crippen LogP contribution >= 0.6 is 11.8 Å². The summed E-state index contributed by atoms with van der Waals surface area (Å²) in [6.45, 7) is 5.13. The summed E-state index contributed by atoms with van der Waals surface area (Å²) in [7, 11) is 0. The standard InChI is InChI=1S/C11H17NOS/c1-9(2)14-11-5-3-10(4-6-11)7-12-8-13/h3-6,9,12-13H,7-8H2,1-2H3. The molecule has 3 heteroatoms. The molecule has 0 aliphatic heterocycles. The Labute approximate surface area is 89.7 Å². The maximum Gasteiger partial charge on any atom is 0.0934 e. The minimum atomic E-state index is 0.0303. The topological polar surface area (TPSA) is 32.3 Å². The van der Waals surface area contributed by atoms with Crippen LogP contribution in [0.3, 0.4) is 0 Å². The van der Waals surface area contributed by atoms with Crippen molar-refractivity contribution >= 4 is 11.8 Å². The van der Waals surface area contributed by atoms with E-state index in [1.807, 2.05) is 11.8 Å². The Morgan fingerprint density at radius 3 is 2.43 bits per heavy atom. The Balaban J connectivity index is 2.50. The van der Waals surface area contributed by atoms with Crippen LogP contribution in [0.4, 0.5) is 0 Å². The quantitative estimate of drug-likeness (QED) is 0.578. The van der Waals surface area contributed by atoms with Crippen molar-refractivity contribution in [3.05, 3.63) is 29.8 Å². The van der Waals surface area contributed by atoms with E-state index in [4.69, 9.17) is 5.11 Å². The maximum absolute atomic E-state index is 8.59. The Kier molecular flexibility index (Phi) is 5.01. The molecular weight excluding hydrogens is 194 g/mol. The van der Waals surface area contributed by atoms with Crippen LogP contribution in [0.2, 0.25) is 0 Å². The van der Waals surface area contributed by atoms with Crippen molar-refractivity contribution in [3.8, 4) is 0 Å². The van der Waals surface area contributed by atoms with E-state index < -0.39 is 0 Å². The van der Waals surface area contributed by atoms with Crippen molar-refractivity contribution in [1.82, 2.24) is 5.32 Å². The van der Waals surface area contributed by atoms with Gasteiger partial charge in [-0.2, -0.15) is 0 Å². The van der Waals surface area contributed by atoms with Crippen molar-refractivity contribution in [2.45, 2.75) is 30.5 Å². The predicted molar refractivity (Wildman–Crippen MR) is 61.4 cm³/mol. The molecule has 2 N–H and O–H groups in total. The molecule has 0 aromatic heterocycles. The minimum Gasteiger partial charge on any atom is -0.381 e. The van der Waals surface area contributed by atoms with Crippen LogP contribution in [0.25, 0.3) is 0 Å². The monoisotopic (exact) mass is 211 g/mol. The summed E-state index contributed by atoms with van der Waals surface area (Å²) in [5, 5.41) is 12.1. The lowest BCUT2D eigenvalue weighted by molar-refractivity contribution is 0.259. The summed E-state index contributed by atoms with van der Waals surface area (Å²) in [6.07, 6.45) is 0. The number of thioether (sulfide) groups is 1. The number of rotatable bonds is 5. The van der Waals surface area contributed by atoms with Gasteiger partial charge in [-0.1, -0.05) is 26.0 Å². The molecule has 1 aromatic rings. The molecule has 14 heavy (non-hydrogen) atoms. The van der Waals surface area contributed by atoms with Crippen molar-refractivity contribution < 1.29 is 5.11 Å². The van der Waals surface area contributed by atoms with Crippen LogP contribution in [-0.4, -0.2) is 17.1 Å². The van der Waals surface area contributed by atoms with E-state index in [0.717, 1.165) is 6.54 Å². The normalized spacial score (nSPS) is 10.9. The summed E-state index contributed by atoms with van der Waals surface area (Å²) >= 11 is 1.86. The van der Waals surface area contributed by atoms with E-state index in [-0.39, 0.29) is 6.73 Å². The average Bonchev–Trinajstić information content (AvgIpc) is 2.16. The zero-order valence-corrected chi connectivity index (χ0v) is 9.47. The lowest BCUT2D eigenvalue weighted by Crippen LogP contribution is -2.13. The average molecular weight is 211 g/mol. The van der Waals surface area contributed by atoms with Crippen LogP contribution in [0.5, 0.6) is 0 Å². The molecule has 0 atom stereocenters. The summed E-state index contributed by atoms with van der Waals surface area (Å²) in [6, 6.07) is 8.43. The molecule has 0 saturated heterocycles. The number of benzene rings is 1. The molecule has 0 heterocycles. The minimum absolute atomic E-state index is 0.0303. The van der Waals surface area contributed by atoms with Gasteiger partial charge < -0.3 is 5.11 Å². The molecule has 1 aromatic carbocycles. The molecule has 0 bridgehead atoms. The summed E-state index contributed by atoms with van der Waals surface area (Å²) < 4.78 is 0. The van der Waals surface area contributed by atoms with Crippen LogP contribution in [0.15, 0.2) is 29.2 Å². The molecule has 0 saturated carbocycles. The number of aliphatic hydroxyl groups excluding tert-OH is 1. The van der Waals surface area contributed by atoms with Gasteiger partial charge in [0.15, 0.2) is 0 Å². The van der Waals surface area contributed by atoms with Crippen LogP contribution in [0.1, 0.15) is 19.4 Å². The Hall–Kier alpha value is -0.510. The second kappa shape index (κ2) is 6.06. The molecule has 0 aliphatic rings. The Bertz CT molecular complexity index is 258. The van der Waals surface area contributed by atoms with Crippen LogP contribution in [0, 0.1) is 0 Å². The molecule has 0 radical (unpaired) electrons. The zero-order chi connectivity index (χ0) is 10.4. The van der Waals surface area contributed by atoms with E-state index in [0.29, 0.717) is 5.25 Å². The molecule has 0 spiro atoms. The van der Waals surface area contributed by atoms with Gasteiger partial charge in [0.05, 0.1) is 6.73 Å². The van der Waals surface area contributed by atoms with Gasteiger partial charge in [-0.3, -0.25) is 5.32 Å². The molecule has 0 aliphatic carbocycles. The first-order chi connectivity index (χ1) is 6.72. The molecule has 2 nitrogen and oxygen atoms in total. The van der Waals surface area contributed by atoms with Crippen LogP contribution in [-0.2, 0) is 6.54 Å². The number of aliphatic hydroxyl groups is 1. The van der Waals surface area contributed by atoms with Crippen molar-refractivity contribution in [1.29, 1.82) is 0 Å². The first-order valence-corrected chi connectivity index (χ1v) is 5.67. The van der Waals surface area contributed by atoms with Gasteiger partial charge in [-0.25, -0.2) is 0 Å². The third kappa shape index (κ3) is 4.13. The van der Waals surface area contributed by atoms with Gasteiger partial charge in [0, 0.05) is 16.7 Å². The van der Waals surface area contributed by atoms with Gasteiger partial charge in [0.25, 0.3) is 0 Å². The Morgan fingerprint density at radius 2 is 1.93 bits per heavy atom. The van der Waals surface area contributed by atoms with Gasteiger partial charge in [-0.15, -0.1) is 11.8 Å². The molecule has 0 unspecified atom stereocenters. The molecule has 0 amide bonds. The second-order valence-electron chi connectivity index (χ2n) is 3.40. The third-order valence-corrected chi connectivity index (χ3v) is 2.75. The first-order valence-electron chi connectivity index (χ1n) is 4.79. The Morgan fingerprint density at radius 1 is 1.29 bits per heavy atom. The fourth-order valence-corrected chi connectivity index (χ4v) is 2.00.